The van der Waals surface area contributed by atoms with Gasteiger partial charge in [0.15, 0.2) is 11.9 Å². The molecule has 27 heteroatoms. The van der Waals surface area contributed by atoms with Crippen LogP contribution in [0.4, 0.5) is 0 Å². The van der Waals surface area contributed by atoms with Gasteiger partial charge in [0.05, 0.1) is 18.1 Å². The van der Waals surface area contributed by atoms with Crippen LogP contribution in [-0.4, -0.2) is 183 Å². The zero-order valence-corrected chi connectivity index (χ0v) is 43.8. The largest absolute Gasteiger partial charge is 0.391 e. The molecule has 75 heavy (non-hydrogen) atoms. The van der Waals surface area contributed by atoms with E-state index in [9.17, 15) is 38.7 Å². The van der Waals surface area contributed by atoms with Crippen molar-refractivity contribution >= 4 is 76.8 Å². The molecule has 20 N–H and O–H groups in total. The molecular formula is C48H80N18O8S. The van der Waals surface area contributed by atoms with Gasteiger partial charge in [0, 0.05) is 101 Å². The number of aliphatic hydroxyl groups excluding tert-OH is 1. The summed E-state index contributed by atoms with van der Waals surface area (Å²) in [6.45, 7) is 1.44. The number of carbonyl (C=O) groups excluding carboxylic acids is 7. The maximum Gasteiger partial charge on any atom is 0.243 e. The van der Waals surface area contributed by atoms with Crippen molar-refractivity contribution in [1.82, 2.24) is 56.2 Å². The Morgan fingerprint density at radius 1 is 0.693 bits per heavy atom. The minimum Gasteiger partial charge on any atom is -0.391 e. The molecule has 0 bridgehead atoms. The SMILES string of the molecule is CC(O)C(N)C(=O)NCCN(C(=O)CCS)C(CCCNC(=N)N)C(=O)NCCN(C(=O)CCc1c[nH]c2ccccc12)C(Cc1c[nH]cn1)C(=O)NCCN(C(=O)CCCCNC(=N)N)C(CCCCN)C(N)=O. The number of hydrogen-bond acceptors (Lipinski definition) is 14. The Hall–Kier alpha value is -6.97. The molecule has 0 spiro atoms. The zero-order chi connectivity index (χ0) is 55.3. The number of nitrogens with two attached hydrogens (primary N) is 5. The van der Waals surface area contributed by atoms with Crippen molar-refractivity contribution < 1.29 is 38.7 Å². The fourth-order valence-corrected chi connectivity index (χ4v) is 8.58. The summed E-state index contributed by atoms with van der Waals surface area (Å²) in [5.41, 5.74) is 30.5. The van der Waals surface area contributed by atoms with Gasteiger partial charge in [0.1, 0.15) is 24.2 Å². The third kappa shape index (κ3) is 21.8. The Morgan fingerprint density at radius 2 is 1.25 bits per heavy atom. The van der Waals surface area contributed by atoms with Gasteiger partial charge in [-0.25, -0.2) is 4.98 Å². The van der Waals surface area contributed by atoms with Crippen LogP contribution in [0.2, 0.25) is 0 Å². The number of hydrogen-bond donors (Lipinski definition) is 16. The number of primary amides is 1. The average molecular weight is 1070 g/mol. The molecule has 3 aromatic rings. The first-order valence-corrected chi connectivity index (χ1v) is 26.0. The first-order chi connectivity index (χ1) is 35.9. The van der Waals surface area contributed by atoms with Crippen LogP contribution >= 0.6 is 12.6 Å². The summed E-state index contributed by atoms with van der Waals surface area (Å²) in [5.74, 6) is -4.17. The number of amides is 7. The molecule has 1 aromatic carbocycles. The number of H-pyrrole nitrogens is 2. The summed E-state index contributed by atoms with van der Waals surface area (Å²) in [5, 5.41) is 39.5. The highest BCUT2D eigenvalue weighted by Gasteiger charge is 2.34. The Balaban J connectivity index is 1.97. The fourth-order valence-electron chi connectivity index (χ4n) is 8.39. The number of carbonyl (C=O) groups is 7. The van der Waals surface area contributed by atoms with Crippen LogP contribution in [0.25, 0.3) is 10.9 Å². The topological polar surface area (TPSA) is 432 Å². The zero-order valence-electron chi connectivity index (χ0n) is 42.9. The van der Waals surface area contributed by atoms with Crippen molar-refractivity contribution in [2.24, 2.45) is 28.7 Å². The van der Waals surface area contributed by atoms with Crippen LogP contribution in [0.15, 0.2) is 43.0 Å². The number of rotatable bonds is 37. The van der Waals surface area contributed by atoms with Gasteiger partial charge in [-0.05, 0) is 82.2 Å². The monoisotopic (exact) mass is 1070 g/mol. The summed E-state index contributed by atoms with van der Waals surface area (Å²) in [6.07, 6.45) is 6.51. The molecule has 7 amide bonds. The Morgan fingerprint density at radius 3 is 1.84 bits per heavy atom. The second-order valence-electron chi connectivity index (χ2n) is 18.0. The van der Waals surface area contributed by atoms with E-state index >= 15 is 0 Å². The van der Waals surface area contributed by atoms with Gasteiger partial charge in [-0.15, -0.1) is 0 Å². The summed E-state index contributed by atoms with van der Waals surface area (Å²) in [6, 6.07) is 3.07. The smallest absolute Gasteiger partial charge is 0.243 e. The van der Waals surface area contributed by atoms with E-state index in [1.165, 1.54) is 28.0 Å². The van der Waals surface area contributed by atoms with E-state index in [2.05, 4.69) is 54.2 Å². The van der Waals surface area contributed by atoms with Gasteiger partial charge in [-0.3, -0.25) is 44.4 Å². The van der Waals surface area contributed by atoms with Gasteiger partial charge >= 0.3 is 0 Å². The van der Waals surface area contributed by atoms with Gasteiger partial charge in [-0.1, -0.05) is 18.2 Å². The van der Waals surface area contributed by atoms with Crippen LogP contribution in [0, 0.1) is 10.8 Å². The second-order valence-corrected chi connectivity index (χ2v) is 18.5. The van der Waals surface area contributed by atoms with Crippen molar-refractivity contribution in [1.29, 1.82) is 10.8 Å². The minimum absolute atomic E-state index is 0.0460. The maximum atomic E-state index is 14.7. The van der Waals surface area contributed by atoms with Crippen molar-refractivity contribution in [2.75, 3.05) is 64.7 Å². The number of aromatic nitrogens is 3. The summed E-state index contributed by atoms with van der Waals surface area (Å²) in [7, 11) is 0. The summed E-state index contributed by atoms with van der Waals surface area (Å²) >= 11 is 4.23. The molecule has 0 aliphatic rings. The van der Waals surface area contributed by atoms with Crippen molar-refractivity contribution in [3.05, 3.63) is 54.2 Å². The molecule has 0 saturated carbocycles. The van der Waals surface area contributed by atoms with E-state index in [4.69, 9.17) is 39.5 Å². The maximum absolute atomic E-state index is 14.7. The van der Waals surface area contributed by atoms with Crippen LogP contribution in [0.3, 0.4) is 0 Å². The number of fused-ring (bicyclic) bond motifs is 1. The lowest BCUT2D eigenvalue weighted by atomic mass is 10.0. The molecular weight excluding hydrogens is 989 g/mol. The summed E-state index contributed by atoms with van der Waals surface area (Å²) < 4.78 is 0. The number of guanidine groups is 2. The molecule has 26 nitrogen and oxygen atoms in total. The predicted molar refractivity (Wildman–Crippen MR) is 288 cm³/mol. The molecule has 416 valence electrons. The number of nitrogens with zero attached hydrogens (tertiary/aromatic N) is 4. The van der Waals surface area contributed by atoms with E-state index in [0.29, 0.717) is 50.9 Å². The number of para-hydroxylation sites is 1. The van der Waals surface area contributed by atoms with Crippen molar-refractivity contribution in [2.45, 2.75) is 114 Å². The number of thiol groups is 1. The lowest BCUT2D eigenvalue weighted by molar-refractivity contribution is -0.142. The first kappa shape index (κ1) is 62.3. The van der Waals surface area contributed by atoms with E-state index in [1.807, 2.05) is 30.5 Å². The lowest BCUT2D eigenvalue weighted by Crippen LogP contribution is -2.56. The van der Waals surface area contributed by atoms with Gasteiger partial charge in [0.25, 0.3) is 0 Å². The number of aliphatic hydroxyl groups is 1. The van der Waals surface area contributed by atoms with Crippen molar-refractivity contribution in [3.8, 4) is 0 Å². The number of aryl methyl sites for hydroxylation is 1. The Labute approximate surface area is 442 Å². The molecule has 0 saturated heterocycles. The minimum atomic E-state index is -1.23. The highest BCUT2D eigenvalue weighted by molar-refractivity contribution is 7.80. The number of aromatic amines is 2. The van der Waals surface area contributed by atoms with Gasteiger partial charge < -0.3 is 85.0 Å². The molecule has 0 fully saturated rings. The average Bonchev–Trinajstić information content (AvgIpc) is 4.05. The summed E-state index contributed by atoms with van der Waals surface area (Å²) in [4.78, 5) is 111. The van der Waals surface area contributed by atoms with Gasteiger partial charge in [-0.2, -0.15) is 12.6 Å². The first-order valence-electron chi connectivity index (χ1n) is 25.3. The fraction of sp³-hybridized carbons (Fsp3) is 0.583. The van der Waals surface area contributed by atoms with Crippen LogP contribution in [0.1, 0.15) is 82.4 Å². The highest BCUT2D eigenvalue weighted by Crippen LogP contribution is 2.21. The molecule has 0 aliphatic carbocycles. The number of unbranched alkanes of at least 4 members (excludes halogenated alkanes) is 2. The molecule has 5 atom stereocenters. The molecule has 5 unspecified atom stereocenters. The standard InChI is InChI=1S/C48H80N18O8S/c1-31(67)42(50)46(74)59-22-24-65(41(70)16-26-75)37(12-8-19-61-48(54)55)44(72)57-21-25-66(40(69)15-14-32-28-62-35-10-3-2-9-34(32)35)38(27-33-29-56-30-63-33)45(73)58-20-23-64(36(43(51)71)11-4-6-17-49)39(68)13-5-7-18-60-47(52)53/h2-3,9-10,28-31,36-38,42,62,67,75H,4-8,11-27,49-50H2,1H3,(H2,51,71)(H,56,63)(H,57,72)(H,58,73)(H,59,74)(H4,52,53,60)(H4,54,55,61). The van der Waals surface area contributed by atoms with Gasteiger partial charge in [0.2, 0.25) is 41.4 Å². The molecule has 0 aliphatic heterocycles. The van der Waals surface area contributed by atoms with E-state index in [0.717, 1.165) is 16.5 Å². The highest BCUT2D eigenvalue weighted by atomic mass is 32.1. The predicted octanol–water partition coefficient (Wildman–Crippen LogP) is -2.43. The van der Waals surface area contributed by atoms with E-state index < -0.39 is 65.7 Å². The molecule has 0 radical (unpaired) electrons. The quantitative estimate of drug-likeness (QED) is 0.0124. The van der Waals surface area contributed by atoms with E-state index in [-0.39, 0.29) is 114 Å². The molecule has 2 aromatic heterocycles. The number of nitrogens with one attached hydrogen (secondary N) is 9. The van der Waals surface area contributed by atoms with Crippen LogP contribution in [-0.2, 0) is 46.4 Å². The Bertz CT molecular complexity index is 2300. The van der Waals surface area contributed by atoms with Crippen LogP contribution in [0.5, 0.6) is 0 Å². The number of imidazole rings is 1. The van der Waals surface area contributed by atoms with Crippen molar-refractivity contribution in [3.63, 3.8) is 0 Å². The second kappa shape index (κ2) is 33.8. The Kier molecular flexibility index (Phi) is 28.1. The molecule has 2 heterocycles. The normalized spacial score (nSPS) is 13.1. The van der Waals surface area contributed by atoms with Crippen LogP contribution < -0.4 is 55.3 Å². The number of benzene rings is 1. The van der Waals surface area contributed by atoms with E-state index in [1.54, 1.807) is 6.20 Å². The molecule has 3 rings (SSSR count). The lowest BCUT2D eigenvalue weighted by Gasteiger charge is -2.34. The third-order valence-electron chi connectivity index (χ3n) is 12.4. The third-order valence-corrected chi connectivity index (χ3v) is 12.6.